The van der Waals surface area contributed by atoms with Crippen molar-refractivity contribution in [3.8, 4) is 17.3 Å². The average molecular weight is 573 g/mol. The second-order valence-electron chi connectivity index (χ2n) is 11.1. The fourth-order valence-electron chi connectivity index (χ4n) is 5.60. The molecule has 1 saturated carbocycles. The van der Waals surface area contributed by atoms with E-state index in [0.29, 0.717) is 44.2 Å². The van der Waals surface area contributed by atoms with Crippen molar-refractivity contribution in [3.63, 3.8) is 0 Å². The van der Waals surface area contributed by atoms with Crippen LogP contribution in [0.1, 0.15) is 51.5 Å². The number of aliphatic hydroxyl groups excluding tert-OH is 1. The van der Waals surface area contributed by atoms with E-state index in [1.54, 1.807) is 19.9 Å². The molecular weight excluding hydrogens is 541 g/mol. The monoisotopic (exact) mass is 572 g/mol. The number of carboxylic acid groups (broad SMARTS) is 1. The Morgan fingerprint density at radius 2 is 1.76 bits per heavy atom. The number of aromatic amines is 1. The number of nitrogens with zero attached hydrogens (tertiary/aromatic N) is 3. The van der Waals surface area contributed by atoms with E-state index in [2.05, 4.69) is 15.0 Å². The topological polar surface area (TPSA) is 129 Å². The van der Waals surface area contributed by atoms with Crippen molar-refractivity contribution in [2.24, 2.45) is 11.3 Å². The summed E-state index contributed by atoms with van der Waals surface area (Å²) in [6.07, 6.45) is 4.39. The van der Waals surface area contributed by atoms with Crippen LogP contribution in [-0.4, -0.2) is 67.7 Å². The maximum absolute atomic E-state index is 15.2. The van der Waals surface area contributed by atoms with Gasteiger partial charge in [0.05, 0.1) is 16.5 Å². The molecule has 3 aromatic rings. The van der Waals surface area contributed by atoms with Crippen LogP contribution in [0, 0.1) is 28.8 Å². The van der Waals surface area contributed by atoms with Gasteiger partial charge < -0.3 is 24.8 Å². The van der Waals surface area contributed by atoms with Gasteiger partial charge >= 0.3 is 5.97 Å². The molecule has 9 nitrogen and oxygen atoms in total. The van der Waals surface area contributed by atoms with Gasteiger partial charge in [-0.25, -0.2) is 18.2 Å². The zero-order valence-corrected chi connectivity index (χ0v) is 22.7. The summed E-state index contributed by atoms with van der Waals surface area (Å²) in [6.45, 7) is 3.34. The molecule has 0 saturated heterocycles. The van der Waals surface area contributed by atoms with Crippen LogP contribution in [0.5, 0.6) is 6.01 Å². The fraction of sp³-hybridized carbons (Fsp3) is 0.448. The van der Waals surface area contributed by atoms with E-state index in [1.807, 2.05) is 0 Å². The van der Waals surface area contributed by atoms with Crippen LogP contribution >= 0.6 is 0 Å². The lowest BCUT2D eigenvalue weighted by Gasteiger charge is -2.36. The molecule has 0 bridgehead atoms. The Morgan fingerprint density at radius 1 is 1.07 bits per heavy atom. The molecule has 218 valence electrons. The van der Waals surface area contributed by atoms with E-state index in [1.165, 1.54) is 4.90 Å². The van der Waals surface area contributed by atoms with Crippen molar-refractivity contribution in [2.45, 2.75) is 52.1 Å². The number of fused-ring (bicyclic) bond motifs is 1. The van der Waals surface area contributed by atoms with E-state index < -0.39 is 52.6 Å². The number of hydrogen-bond acceptors (Lipinski definition) is 6. The van der Waals surface area contributed by atoms with Crippen LogP contribution in [0.4, 0.5) is 13.2 Å². The van der Waals surface area contributed by atoms with Crippen molar-refractivity contribution in [3.05, 3.63) is 47.3 Å². The second-order valence-corrected chi connectivity index (χ2v) is 11.1. The molecule has 1 aliphatic heterocycles. The molecule has 3 heterocycles. The summed E-state index contributed by atoms with van der Waals surface area (Å²) >= 11 is 0. The minimum Gasteiger partial charge on any atom is -0.481 e. The Morgan fingerprint density at radius 3 is 2.34 bits per heavy atom. The van der Waals surface area contributed by atoms with Gasteiger partial charge in [-0.2, -0.15) is 4.98 Å². The number of hydrogen-bond donors (Lipinski definition) is 3. The van der Waals surface area contributed by atoms with Crippen LogP contribution in [0.15, 0.2) is 24.3 Å². The molecule has 0 radical (unpaired) electrons. The number of carboxylic acids is 1. The Kier molecular flexibility index (Phi) is 7.78. The normalized spacial score (nSPS) is 19.8. The Balaban J connectivity index is 1.33. The van der Waals surface area contributed by atoms with Gasteiger partial charge in [0.1, 0.15) is 30.0 Å². The first-order valence-corrected chi connectivity index (χ1v) is 13.5. The van der Waals surface area contributed by atoms with E-state index in [4.69, 9.17) is 9.84 Å². The zero-order valence-electron chi connectivity index (χ0n) is 22.7. The van der Waals surface area contributed by atoms with Gasteiger partial charge in [-0.3, -0.25) is 9.59 Å². The minimum absolute atomic E-state index is 0.0181. The number of ether oxygens (including phenoxy) is 1. The number of halogens is 3. The Hall–Kier alpha value is -3.93. The number of pyridine rings is 1. The molecular formula is C29H31F3N4O5. The van der Waals surface area contributed by atoms with Crippen LogP contribution in [0.3, 0.4) is 0 Å². The molecule has 0 atom stereocenters. The Labute approximate surface area is 234 Å². The molecule has 1 aliphatic carbocycles. The van der Waals surface area contributed by atoms with E-state index >= 15 is 13.2 Å². The standard InChI is InChI=1S/C29H31F3N4O5/c1-29(2,27(39)40)17-3-5-18(6-4-17)41-28-33-22-13-21(32)25(34-26(22)35-28)24-19(30)11-16(12-20(24)31)15-7-9-36(10-8-15)23(38)14-37/h7,11-13,17-18,37H,3-6,8-10,14H2,1-2H3,(H,39,40)(H,33,34,35). The van der Waals surface area contributed by atoms with Gasteiger partial charge in [-0.05, 0) is 75.1 Å². The van der Waals surface area contributed by atoms with Gasteiger partial charge in [0, 0.05) is 19.2 Å². The first-order valence-electron chi connectivity index (χ1n) is 13.5. The van der Waals surface area contributed by atoms with Crippen molar-refractivity contribution >= 4 is 28.6 Å². The molecule has 5 rings (SSSR count). The number of H-pyrrole nitrogens is 1. The molecule has 2 aliphatic rings. The van der Waals surface area contributed by atoms with Crippen LogP contribution in [-0.2, 0) is 9.59 Å². The number of aliphatic carboxylic acids is 1. The molecule has 41 heavy (non-hydrogen) atoms. The van der Waals surface area contributed by atoms with Gasteiger partial charge in [-0.1, -0.05) is 6.08 Å². The molecule has 12 heteroatoms. The lowest BCUT2D eigenvalue weighted by Crippen LogP contribution is -2.37. The number of benzene rings is 1. The van der Waals surface area contributed by atoms with E-state index in [-0.39, 0.29) is 41.3 Å². The van der Waals surface area contributed by atoms with Gasteiger partial charge in [0.25, 0.3) is 6.01 Å². The highest BCUT2D eigenvalue weighted by Crippen LogP contribution is 2.39. The third-order valence-corrected chi connectivity index (χ3v) is 8.28. The molecule has 1 amide bonds. The number of aromatic nitrogens is 3. The van der Waals surface area contributed by atoms with Crippen molar-refractivity contribution in [2.75, 3.05) is 19.7 Å². The van der Waals surface area contributed by atoms with Crippen molar-refractivity contribution in [1.82, 2.24) is 19.9 Å². The summed E-state index contributed by atoms with van der Waals surface area (Å²) in [6, 6.07) is 3.38. The maximum atomic E-state index is 15.2. The largest absolute Gasteiger partial charge is 0.481 e. The molecule has 1 fully saturated rings. The average Bonchev–Trinajstić information content (AvgIpc) is 3.33. The molecule has 0 unspecified atom stereocenters. The first-order chi connectivity index (χ1) is 19.5. The lowest BCUT2D eigenvalue weighted by atomic mass is 9.70. The van der Waals surface area contributed by atoms with Crippen LogP contribution in [0.2, 0.25) is 0 Å². The zero-order chi connectivity index (χ0) is 29.5. The summed E-state index contributed by atoms with van der Waals surface area (Å²) in [5, 5.41) is 18.5. The summed E-state index contributed by atoms with van der Waals surface area (Å²) in [5.74, 6) is -4.17. The summed E-state index contributed by atoms with van der Waals surface area (Å²) in [7, 11) is 0. The molecule has 0 spiro atoms. The smallest absolute Gasteiger partial charge is 0.309 e. The van der Waals surface area contributed by atoms with Gasteiger partial charge in [0.2, 0.25) is 5.91 Å². The van der Waals surface area contributed by atoms with Crippen LogP contribution in [0.25, 0.3) is 28.0 Å². The summed E-state index contributed by atoms with van der Waals surface area (Å²) < 4.78 is 51.4. The number of nitrogens with one attached hydrogen (secondary N) is 1. The van der Waals surface area contributed by atoms with Crippen molar-refractivity contribution < 1.29 is 37.7 Å². The van der Waals surface area contributed by atoms with E-state index in [9.17, 15) is 14.7 Å². The van der Waals surface area contributed by atoms with Crippen molar-refractivity contribution in [1.29, 1.82) is 0 Å². The first kappa shape index (κ1) is 28.6. The highest BCUT2D eigenvalue weighted by molar-refractivity contribution is 5.80. The van der Waals surface area contributed by atoms with Gasteiger partial charge in [0.15, 0.2) is 11.5 Å². The highest BCUT2D eigenvalue weighted by Gasteiger charge is 2.39. The van der Waals surface area contributed by atoms with E-state index in [0.717, 1.165) is 18.2 Å². The predicted molar refractivity (Wildman–Crippen MR) is 143 cm³/mol. The number of amides is 1. The number of aliphatic hydroxyl groups is 1. The SMILES string of the molecule is CC(C)(C(=O)O)C1CCC(Oc2nc3nc(-c4c(F)cc(C5=CCN(C(=O)CO)CC5)cc4F)c(F)cc3[nH]2)CC1. The number of carbonyl (C=O) groups is 2. The maximum Gasteiger partial charge on any atom is 0.309 e. The number of carbonyl (C=O) groups excluding carboxylic acids is 1. The van der Waals surface area contributed by atoms with Crippen LogP contribution < -0.4 is 4.74 Å². The lowest BCUT2D eigenvalue weighted by molar-refractivity contribution is -0.151. The third kappa shape index (κ3) is 5.65. The predicted octanol–water partition coefficient (Wildman–Crippen LogP) is 4.70. The quantitative estimate of drug-likeness (QED) is 0.374. The molecule has 3 N–H and O–H groups in total. The third-order valence-electron chi connectivity index (χ3n) is 8.28. The summed E-state index contributed by atoms with van der Waals surface area (Å²) in [5.41, 5.74) is -0.831. The minimum atomic E-state index is -0.992. The summed E-state index contributed by atoms with van der Waals surface area (Å²) in [4.78, 5) is 35.9. The van der Waals surface area contributed by atoms with Gasteiger partial charge in [-0.15, -0.1) is 0 Å². The number of rotatable bonds is 7. The highest BCUT2D eigenvalue weighted by atomic mass is 19.1. The fourth-order valence-corrected chi connectivity index (χ4v) is 5.60. The Bertz CT molecular complexity index is 1510. The molecule has 1 aromatic carbocycles. The second kappa shape index (κ2) is 11.2. The molecule has 2 aromatic heterocycles. The number of imidazole rings is 1.